The van der Waals surface area contributed by atoms with Gasteiger partial charge in [-0.15, -0.1) is 0 Å². The predicted molar refractivity (Wildman–Crippen MR) is 93.3 cm³/mol. The van der Waals surface area contributed by atoms with E-state index in [9.17, 15) is 4.79 Å². The number of hydrogen-bond donors (Lipinski definition) is 1. The second-order valence-electron chi connectivity index (χ2n) is 4.66. The number of aryl methyl sites for hydroxylation is 1. The van der Waals surface area contributed by atoms with Crippen LogP contribution in [0.2, 0.25) is 0 Å². The number of fused-ring (bicyclic) bond motifs is 1. The first-order chi connectivity index (χ1) is 9.58. The summed E-state index contributed by atoms with van der Waals surface area (Å²) in [5, 5.41) is 0.954. The van der Waals surface area contributed by atoms with E-state index in [2.05, 4.69) is 43.5 Å². The molecule has 2 nitrogen and oxygen atoms in total. The van der Waals surface area contributed by atoms with Crippen LogP contribution in [-0.4, -0.2) is 10.8 Å². The number of aromatic nitrogens is 1. The number of carbonyl (C=O) groups is 1. The number of halogens is 2. The highest BCUT2D eigenvalue weighted by Crippen LogP contribution is 2.26. The predicted octanol–water partition coefficient (Wildman–Crippen LogP) is 5.07. The molecule has 0 aliphatic rings. The lowest BCUT2D eigenvalue weighted by atomic mass is 10.0. The second kappa shape index (κ2) is 5.33. The summed E-state index contributed by atoms with van der Waals surface area (Å²) in [5.74, 6) is 0.0617. The summed E-state index contributed by atoms with van der Waals surface area (Å²) in [4.78, 5) is 15.9. The Hall–Kier alpha value is -1.14. The van der Waals surface area contributed by atoms with Crippen LogP contribution in [-0.2, 0) is 0 Å². The number of benzene rings is 2. The molecule has 1 heterocycles. The summed E-state index contributed by atoms with van der Waals surface area (Å²) < 4.78 is 2.01. The lowest BCUT2D eigenvalue weighted by Crippen LogP contribution is -2.04. The van der Waals surface area contributed by atoms with E-state index in [0.29, 0.717) is 0 Å². The second-order valence-corrected chi connectivity index (χ2v) is 6.65. The largest absolute Gasteiger partial charge is 0.360 e. The van der Waals surface area contributed by atoms with E-state index in [1.165, 1.54) is 0 Å². The Bertz CT molecular complexity index is 822. The Kier molecular flexibility index (Phi) is 3.69. The van der Waals surface area contributed by atoms with Crippen LogP contribution in [0.5, 0.6) is 0 Å². The SMILES string of the molecule is Cc1cccc(C(=O)c2c[nH]c3cc(Br)ccc23)c1I. The van der Waals surface area contributed by atoms with Gasteiger partial charge >= 0.3 is 0 Å². The first-order valence-electron chi connectivity index (χ1n) is 6.14. The van der Waals surface area contributed by atoms with Crippen molar-refractivity contribution in [2.75, 3.05) is 0 Å². The van der Waals surface area contributed by atoms with E-state index in [1.54, 1.807) is 6.20 Å². The number of carbonyl (C=O) groups excluding carboxylic acids is 1. The van der Waals surface area contributed by atoms with Gasteiger partial charge in [-0.05, 0) is 53.3 Å². The van der Waals surface area contributed by atoms with Gasteiger partial charge in [0, 0.05) is 36.3 Å². The normalized spacial score (nSPS) is 10.9. The van der Waals surface area contributed by atoms with Gasteiger partial charge in [0.1, 0.15) is 0 Å². The van der Waals surface area contributed by atoms with E-state index in [-0.39, 0.29) is 5.78 Å². The van der Waals surface area contributed by atoms with E-state index in [0.717, 1.165) is 35.6 Å². The zero-order valence-electron chi connectivity index (χ0n) is 10.7. The monoisotopic (exact) mass is 439 g/mol. The molecule has 20 heavy (non-hydrogen) atoms. The van der Waals surface area contributed by atoms with Crippen LogP contribution in [0.4, 0.5) is 0 Å². The molecule has 1 aromatic heterocycles. The molecule has 0 amide bonds. The number of ketones is 1. The van der Waals surface area contributed by atoms with Crippen molar-refractivity contribution in [3.05, 3.63) is 67.3 Å². The van der Waals surface area contributed by atoms with Crippen LogP contribution in [0.25, 0.3) is 10.9 Å². The maximum atomic E-state index is 12.7. The molecule has 100 valence electrons. The fraction of sp³-hybridized carbons (Fsp3) is 0.0625. The van der Waals surface area contributed by atoms with E-state index >= 15 is 0 Å². The van der Waals surface area contributed by atoms with Gasteiger partial charge in [-0.2, -0.15) is 0 Å². The Morgan fingerprint density at radius 3 is 2.80 bits per heavy atom. The van der Waals surface area contributed by atoms with Crippen LogP contribution in [0.15, 0.2) is 47.1 Å². The quantitative estimate of drug-likeness (QED) is 0.438. The molecule has 0 unspecified atom stereocenters. The molecule has 0 saturated carbocycles. The number of rotatable bonds is 2. The number of hydrogen-bond acceptors (Lipinski definition) is 1. The molecule has 0 radical (unpaired) electrons. The Balaban J connectivity index is 2.16. The zero-order chi connectivity index (χ0) is 14.3. The summed E-state index contributed by atoms with van der Waals surface area (Å²) in [6.45, 7) is 2.02. The van der Waals surface area contributed by atoms with Crippen molar-refractivity contribution >= 4 is 55.2 Å². The van der Waals surface area contributed by atoms with E-state index in [1.807, 2.05) is 43.3 Å². The molecule has 3 rings (SSSR count). The minimum Gasteiger partial charge on any atom is -0.360 e. The van der Waals surface area contributed by atoms with Crippen LogP contribution in [0.1, 0.15) is 21.5 Å². The van der Waals surface area contributed by atoms with Crippen molar-refractivity contribution in [2.24, 2.45) is 0 Å². The van der Waals surface area contributed by atoms with Crippen LogP contribution >= 0.6 is 38.5 Å². The van der Waals surface area contributed by atoms with Crippen LogP contribution < -0.4 is 0 Å². The molecular formula is C16H11BrINO. The number of nitrogens with one attached hydrogen (secondary N) is 1. The molecule has 0 fully saturated rings. The van der Waals surface area contributed by atoms with Gasteiger partial charge < -0.3 is 4.98 Å². The third-order valence-electron chi connectivity index (χ3n) is 3.32. The maximum Gasteiger partial charge on any atom is 0.196 e. The molecule has 0 saturated heterocycles. The standard InChI is InChI=1S/C16H11BrINO/c1-9-3-2-4-12(15(9)18)16(20)13-8-19-14-7-10(17)5-6-11(13)14/h2-8,19H,1H3. The van der Waals surface area contributed by atoms with Crippen molar-refractivity contribution in [3.8, 4) is 0 Å². The minimum absolute atomic E-state index is 0.0617. The first-order valence-corrected chi connectivity index (χ1v) is 8.01. The van der Waals surface area contributed by atoms with Gasteiger partial charge in [-0.25, -0.2) is 0 Å². The molecule has 0 aliphatic carbocycles. The molecule has 2 aromatic carbocycles. The summed E-state index contributed by atoms with van der Waals surface area (Å²) in [6, 6.07) is 11.7. The highest BCUT2D eigenvalue weighted by Gasteiger charge is 2.17. The van der Waals surface area contributed by atoms with Crippen LogP contribution in [0.3, 0.4) is 0 Å². The summed E-state index contributed by atoms with van der Waals surface area (Å²) in [7, 11) is 0. The summed E-state index contributed by atoms with van der Waals surface area (Å²) >= 11 is 5.67. The molecule has 0 aliphatic heterocycles. The fourth-order valence-corrected chi connectivity index (χ4v) is 3.22. The lowest BCUT2D eigenvalue weighted by Gasteiger charge is -2.05. The van der Waals surface area contributed by atoms with Gasteiger partial charge in [0.25, 0.3) is 0 Å². The molecule has 4 heteroatoms. The van der Waals surface area contributed by atoms with Crippen molar-refractivity contribution in [2.45, 2.75) is 6.92 Å². The van der Waals surface area contributed by atoms with Crippen LogP contribution in [0, 0.1) is 10.5 Å². The maximum absolute atomic E-state index is 12.7. The zero-order valence-corrected chi connectivity index (χ0v) is 14.4. The van der Waals surface area contributed by atoms with Gasteiger partial charge in [0.15, 0.2) is 5.78 Å². The van der Waals surface area contributed by atoms with Gasteiger partial charge in [0.2, 0.25) is 0 Å². The first kappa shape index (κ1) is 13.8. The average Bonchev–Trinajstić information content (AvgIpc) is 2.84. The smallest absolute Gasteiger partial charge is 0.196 e. The van der Waals surface area contributed by atoms with Crippen molar-refractivity contribution < 1.29 is 4.79 Å². The molecular weight excluding hydrogens is 429 g/mol. The van der Waals surface area contributed by atoms with E-state index < -0.39 is 0 Å². The van der Waals surface area contributed by atoms with Crippen molar-refractivity contribution in [1.29, 1.82) is 0 Å². The number of H-pyrrole nitrogens is 1. The van der Waals surface area contributed by atoms with Crippen molar-refractivity contribution in [1.82, 2.24) is 4.98 Å². The van der Waals surface area contributed by atoms with Gasteiger partial charge in [-0.1, -0.05) is 34.1 Å². The summed E-state index contributed by atoms with van der Waals surface area (Å²) in [5.41, 5.74) is 3.56. The van der Waals surface area contributed by atoms with Gasteiger partial charge in [-0.3, -0.25) is 4.79 Å². The number of aromatic amines is 1. The van der Waals surface area contributed by atoms with Crippen molar-refractivity contribution in [3.63, 3.8) is 0 Å². The third-order valence-corrected chi connectivity index (χ3v) is 5.25. The molecule has 0 bridgehead atoms. The molecule has 0 atom stereocenters. The Morgan fingerprint density at radius 1 is 1.20 bits per heavy atom. The molecule has 1 N–H and O–H groups in total. The average molecular weight is 440 g/mol. The molecule has 3 aromatic rings. The Labute approximate surface area is 138 Å². The molecule has 0 spiro atoms. The Morgan fingerprint density at radius 2 is 2.00 bits per heavy atom. The highest BCUT2D eigenvalue weighted by molar-refractivity contribution is 14.1. The van der Waals surface area contributed by atoms with Gasteiger partial charge in [0.05, 0.1) is 0 Å². The summed E-state index contributed by atoms with van der Waals surface area (Å²) in [6.07, 6.45) is 1.79. The lowest BCUT2D eigenvalue weighted by molar-refractivity contribution is 0.103. The van der Waals surface area contributed by atoms with E-state index in [4.69, 9.17) is 0 Å². The third kappa shape index (κ3) is 2.31. The topological polar surface area (TPSA) is 32.9 Å². The fourth-order valence-electron chi connectivity index (χ4n) is 2.25. The highest BCUT2D eigenvalue weighted by atomic mass is 127. The minimum atomic E-state index is 0.0617.